The van der Waals surface area contributed by atoms with Gasteiger partial charge in [-0.05, 0) is 0 Å². The fourth-order valence-corrected chi connectivity index (χ4v) is 2.08. The van der Waals surface area contributed by atoms with Crippen LogP contribution in [0, 0.1) is 0 Å². The van der Waals surface area contributed by atoms with Crippen LogP contribution >= 0.6 is 0 Å². The van der Waals surface area contributed by atoms with Crippen LogP contribution in [-0.4, -0.2) is 68.8 Å². The lowest BCUT2D eigenvalue weighted by atomic mass is 10.3. The molecule has 7 nitrogen and oxygen atoms in total. The zero-order valence-electron chi connectivity index (χ0n) is 13.6. The second-order valence-electron chi connectivity index (χ2n) is 4.96. The van der Waals surface area contributed by atoms with E-state index in [1.165, 1.54) is 12.3 Å². The van der Waals surface area contributed by atoms with Gasteiger partial charge < -0.3 is 23.9 Å². The molecule has 0 amide bonds. The van der Waals surface area contributed by atoms with Gasteiger partial charge in [-0.3, -0.25) is 9.69 Å². The highest BCUT2D eigenvalue weighted by molar-refractivity contribution is 5.20. The smallest absolute Gasteiger partial charge is 0.223 e. The zero-order chi connectivity index (χ0) is 16.4. The minimum Gasteiger partial charge on any atom is -0.503 e. The maximum atomic E-state index is 11.7. The van der Waals surface area contributed by atoms with E-state index in [1.54, 1.807) is 21.3 Å². The van der Waals surface area contributed by atoms with E-state index in [9.17, 15) is 9.90 Å². The fourth-order valence-electron chi connectivity index (χ4n) is 2.08. The predicted octanol–water partition coefficient (Wildman–Crippen LogP) is 0.295. The van der Waals surface area contributed by atoms with Crippen LogP contribution in [0.5, 0.6) is 5.75 Å². The molecule has 126 valence electrons. The van der Waals surface area contributed by atoms with Crippen LogP contribution in [-0.2, 0) is 27.3 Å². The summed E-state index contributed by atoms with van der Waals surface area (Å²) < 4.78 is 17.1. The maximum absolute atomic E-state index is 11.7. The van der Waals surface area contributed by atoms with Gasteiger partial charge in [-0.2, -0.15) is 0 Å². The van der Waals surface area contributed by atoms with Gasteiger partial charge in [0, 0.05) is 59.3 Å². The molecule has 0 bridgehead atoms. The molecule has 22 heavy (non-hydrogen) atoms. The highest BCUT2D eigenvalue weighted by atomic mass is 16.5. The number of aromatic nitrogens is 1. The van der Waals surface area contributed by atoms with Crippen LogP contribution in [0.2, 0.25) is 0 Å². The molecular formula is C15H26N2O5. The molecular weight excluding hydrogens is 288 g/mol. The minimum absolute atomic E-state index is 0.250. The van der Waals surface area contributed by atoms with Gasteiger partial charge in [0.1, 0.15) is 0 Å². The van der Waals surface area contributed by atoms with Crippen molar-refractivity contribution in [2.45, 2.75) is 13.1 Å². The molecule has 1 N–H and O–H groups in total. The summed E-state index contributed by atoms with van der Waals surface area (Å²) in [6.45, 7) is 4.33. The lowest BCUT2D eigenvalue weighted by molar-refractivity contribution is 0.108. The normalized spacial score (nSPS) is 11.3. The third-order valence-corrected chi connectivity index (χ3v) is 3.34. The molecule has 0 saturated heterocycles. The van der Waals surface area contributed by atoms with Crippen LogP contribution in [0.3, 0.4) is 0 Å². The summed E-state index contributed by atoms with van der Waals surface area (Å²) >= 11 is 0. The van der Waals surface area contributed by atoms with E-state index in [-0.39, 0.29) is 11.2 Å². The molecule has 7 heteroatoms. The highest BCUT2D eigenvalue weighted by Crippen LogP contribution is 2.08. The van der Waals surface area contributed by atoms with Crippen LogP contribution < -0.4 is 5.43 Å². The lowest BCUT2D eigenvalue weighted by Crippen LogP contribution is -2.32. The molecule has 0 radical (unpaired) electrons. The zero-order valence-corrected chi connectivity index (χ0v) is 13.6. The van der Waals surface area contributed by atoms with Gasteiger partial charge in [0.05, 0.1) is 26.0 Å². The third-order valence-electron chi connectivity index (χ3n) is 3.34. The second kappa shape index (κ2) is 10.3. The van der Waals surface area contributed by atoms with Crippen molar-refractivity contribution in [1.29, 1.82) is 0 Å². The first kappa shape index (κ1) is 18.6. The summed E-state index contributed by atoms with van der Waals surface area (Å²) in [5.74, 6) is -0.250. The van der Waals surface area contributed by atoms with E-state index >= 15 is 0 Å². The minimum atomic E-state index is -0.373. The number of hydrogen-bond acceptors (Lipinski definition) is 6. The van der Waals surface area contributed by atoms with Crippen LogP contribution in [0.25, 0.3) is 0 Å². The first-order valence-corrected chi connectivity index (χ1v) is 7.23. The average molecular weight is 314 g/mol. The SMILES string of the molecule is COCCN(CCOC)Cc1cc(=O)c(O)cn1CCOC. The number of ether oxygens (including phenoxy) is 3. The first-order chi connectivity index (χ1) is 10.6. The topological polar surface area (TPSA) is 73.2 Å². The van der Waals surface area contributed by atoms with Gasteiger partial charge in [0.2, 0.25) is 5.43 Å². The molecule has 0 aromatic carbocycles. The van der Waals surface area contributed by atoms with Gasteiger partial charge in [-0.15, -0.1) is 0 Å². The molecule has 0 aliphatic rings. The standard InChI is InChI=1S/C15H26N2O5/c1-20-7-4-16(5-8-21-2)11-13-10-14(18)15(19)12-17(13)6-9-22-3/h10,12,19H,4-9,11H2,1-3H3. The van der Waals surface area contributed by atoms with E-state index in [1.807, 2.05) is 4.57 Å². The Hall–Kier alpha value is -1.41. The molecule has 1 aromatic rings. The summed E-state index contributed by atoms with van der Waals surface area (Å²) in [5.41, 5.74) is 0.453. The van der Waals surface area contributed by atoms with Crippen molar-refractivity contribution >= 4 is 0 Å². The molecule has 0 spiro atoms. The Morgan fingerprint density at radius 1 is 1.09 bits per heavy atom. The summed E-state index contributed by atoms with van der Waals surface area (Å²) in [6, 6.07) is 1.47. The molecule has 1 heterocycles. The number of pyridine rings is 1. The number of hydrogen-bond donors (Lipinski definition) is 1. The Morgan fingerprint density at radius 2 is 1.68 bits per heavy atom. The van der Waals surface area contributed by atoms with Crippen molar-refractivity contribution in [1.82, 2.24) is 9.47 Å². The highest BCUT2D eigenvalue weighted by Gasteiger charge is 2.11. The molecule has 0 aliphatic heterocycles. The summed E-state index contributed by atoms with van der Waals surface area (Å²) in [7, 11) is 4.93. The maximum Gasteiger partial charge on any atom is 0.223 e. The summed E-state index contributed by atoms with van der Waals surface area (Å²) in [5, 5.41) is 9.61. The Bertz CT molecular complexity index is 481. The molecule has 0 saturated carbocycles. The largest absolute Gasteiger partial charge is 0.503 e. The van der Waals surface area contributed by atoms with Crippen LogP contribution in [0.15, 0.2) is 17.1 Å². The number of nitrogens with zero attached hydrogens (tertiary/aromatic N) is 2. The number of methoxy groups -OCH3 is 3. The molecule has 0 atom stereocenters. The summed E-state index contributed by atoms with van der Waals surface area (Å²) in [4.78, 5) is 13.9. The Kier molecular flexibility index (Phi) is 8.76. The van der Waals surface area contributed by atoms with Crippen molar-refractivity contribution in [2.24, 2.45) is 0 Å². The Balaban J connectivity index is 2.89. The predicted molar refractivity (Wildman–Crippen MR) is 83.3 cm³/mol. The second-order valence-corrected chi connectivity index (χ2v) is 4.96. The molecule has 0 unspecified atom stereocenters. The fraction of sp³-hybridized carbons (Fsp3) is 0.667. The van der Waals surface area contributed by atoms with Crippen molar-refractivity contribution in [3.05, 3.63) is 28.2 Å². The van der Waals surface area contributed by atoms with Gasteiger partial charge in [0.15, 0.2) is 5.75 Å². The van der Waals surface area contributed by atoms with E-state index < -0.39 is 0 Å². The van der Waals surface area contributed by atoms with Gasteiger partial charge in [-0.25, -0.2) is 0 Å². The number of rotatable bonds is 11. The van der Waals surface area contributed by atoms with Gasteiger partial charge in [-0.1, -0.05) is 0 Å². The van der Waals surface area contributed by atoms with Crippen molar-refractivity contribution in [3.8, 4) is 5.75 Å². The molecule has 1 rings (SSSR count). The van der Waals surface area contributed by atoms with E-state index in [0.717, 1.165) is 18.8 Å². The Labute approximate surface area is 131 Å². The van der Waals surface area contributed by atoms with Crippen molar-refractivity contribution < 1.29 is 19.3 Å². The lowest BCUT2D eigenvalue weighted by Gasteiger charge is -2.24. The van der Waals surface area contributed by atoms with E-state index in [0.29, 0.717) is 32.9 Å². The van der Waals surface area contributed by atoms with Gasteiger partial charge in [0.25, 0.3) is 0 Å². The average Bonchev–Trinajstić information content (AvgIpc) is 2.51. The third kappa shape index (κ3) is 6.15. The van der Waals surface area contributed by atoms with Crippen LogP contribution in [0.1, 0.15) is 5.69 Å². The quantitative estimate of drug-likeness (QED) is 0.633. The monoisotopic (exact) mass is 314 g/mol. The summed E-state index contributed by atoms with van der Waals surface area (Å²) in [6.07, 6.45) is 1.46. The number of aromatic hydroxyl groups is 1. The van der Waals surface area contributed by atoms with Gasteiger partial charge >= 0.3 is 0 Å². The van der Waals surface area contributed by atoms with Crippen molar-refractivity contribution in [3.63, 3.8) is 0 Å². The van der Waals surface area contributed by atoms with Crippen LogP contribution in [0.4, 0.5) is 0 Å². The molecule has 0 aliphatic carbocycles. The van der Waals surface area contributed by atoms with E-state index in [2.05, 4.69) is 4.90 Å². The Morgan fingerprint density at radius 3 is 2.23 bits per heavy atom. The molecule has 0 fully saturated rings. The van der Waals surface area contributed by atoms with Crippen molar-refractivity contribution in [2.75, 3.05) is 54.2 Å². The van der Waals surface area contributed by atoms with E-state index in [4.69, 9.17) is 14.2 Å². The first-order valence-electron chi connectivity index (χ1n) is 7.23. The molecule has 1 aromatic heterocycles.